The van der Waals surface area contributed by atoms with E-state index in [1.165, 1.54) is 26.4 Å². The molecule has 2 aromatic rings. The fourth-order valence-corrected chi connectivity index (χ4v) is 2.74. The first-order chi connectivity index (χ1) is 10.4. The van der Waals surface area contributed by atoms with E-state index in [0.717, 1.165) is 0 Å². The number of aldehydes is 1. The second kappa shape index (κ2) is 6.17. The summed E-state index contributed by atoms with van der Waals surface area (Å²) in [6, 6.07) is 9.54. The second-order valence-corrected chi connectivity index (χ2v) is 6.02. The Labute approximate surface area is 128 Å². The smallest absolute Gasteiger partial charge is 0.238 e. The highest BCUT2D eigenvalue weighted by atomic mass is 32.2. The first kappa shape index (κ1) is 16.0. The van der Waals surface area contributed by atoms with Crippen molar-refractivity contribution >= 4 is 16.3 Å². The molecule has 0 spiro atoms. The molecule has 0 aromatic heterocycles. The number of hydrogen-bond acceptors (Lipinski definition) is 5. The average molecular weight is 321 g/mol. The van der Waals surface area contributed by atoms with Gasteiger partial charge in [0.05, 0.1) is 24.7 Å². The van der Waals surface area contributed by atoms with Crippen LogP contribution in [0.15, 0.2) is 41.3 Å². The number of hydrogen-bond donors (Lipinski definition) is 1. The number of ether oxygens (including phenoxy) is 2. The van der Waals surface area contributed by atoms with E-state index >= 15 is 0 Å². The van der Waals surface area contributed by atoms with Gasteiger partial charge in [-0.1, -0.05) is 18.2 Å². The fraction of sp³-hybridized carbons (Fsp3) is 0.133. The van der Waals surface area contributed by atoms with Crippen molar-refractivity contribution in [3.8, 4) is 22.6 Å². The molecular formula is C15H15NO5S. The molecule has 6 nitrogen and oxygen atoms in total. The van der Waals surface area contributed by atoms with Gasteiger partial charge in [-0.3, -0.25) is 4.79 Å². The molecule has 2 N–H and O–H groups in total. The predicted octanol–water partition coefficient (Wildman–Crippen LogP) is 1.83. The number of nitrogens with two attached hydrogens (primary N) is 1. The van der Waals surface area contributed by atoms with Crippen molar-refractivity contribution in [3.63, 3.8) is 0 Å². The van der Waals surface area contributed by atoms with Crippen LogP contribution in [0.1, 0.15) is 10.4 Å². The predicted molar refractivity (Wildman–Crippen MR) is 81.7 cm³/mol. The maximum atomic E-state index is 11.6. The van der Waals surface area contributed by atoms with Gasteiger partial charge in [-0.25, -0.2) is 13.6 Å². The van der Waals surface area contributed by atoms with Crippen LogP contribution >= 0.6 is 0 Å². The minimum atomic E-state index is -3.97. The minimum absolute atomic E-state index is 0.0925. The van der Waals surface area contributed by atoms with E-state index in [4.69, 9.17) is 14.6 Å². The van der Waals surface area contributed by atoms with Crippen LogP contribution in [0.2, 0.25) is 0 Å². The maximum Gasteiger partial charge on any atom is 0.238 e. The van der Waals surface area contributed by atoms with Crippen molar-refractivity contribution in [1.82, 2.24) is 0 Å². The summed E-state index contributed by atoms with van der Waals surface area (Å²) in [5, 5.41) is 5.17. The zero-order chi connectivity index (χ0) is 16.3. The number of primary sulfonamides is 1. The van der Waals surface area contributed by atoms with E-state index in [0.29, 0.717) is 23.2 Å². The van der Waals surface area contributed by atoms with Gasteiger partial charge >= 0.3 is 0 Å². The van der Waals surface area contributed by atoms with E-state index in [-0.39, 0.29) is 16.2 Å². The van der Waals surface area contributed by atoms with Crippen molar-refractivity contribution in [3.05, 3.63) is 42.0 Å². The average Bonchev–Trinajstić information content (AvgIpc) is 2.52. The summed E-state index contributed by atoms with van der Waals surface area (Å²) < 4.78 is 33.8. The lowest BCUT2D eigenvalue weighted by Crippen LogP contribution is -2.13. The van der Waals surface area contributed by atoms with Gasteiger partial charge in [0.1, 0.15) is 11.5 Å². The Balaban J connectivity index is 2.86. The third-order valence-corrected chi connectivity index (χ3v) is 4.04. The lowest BCUT2D eigenvalue weighted by molar-refractivity contribution is 0.112. The molecule has 0 amide bonds. The summed E-state index contributed by atoms with van der Waals surface area (Å²) in [5.41, 5.74) is 1.10. The van der Waals surface area contributed by atoms with Crippen LogP contribution in [-0.2, 0) is 10.0 Å². The molecule has 7 heteroatoms. The van der Waals surface area contributed by atoms with E-state index in [2.05, 4.69) is 0 Å². The van der Waals surface area contributed by atoms with E-state index in [1.807, 2.05) is 0 Å². The summed E-state index contributed by atoms with van der Waals surface area (Å²) in [7, 11) is -1.07. The molecule has 0 unspecified atom stereocenters. The number of para-hydroxylation sites is 1. The van der Waals surface area contributed by atoms with Crippen LogP contribution in [0.5, 0.6) is 11.5 Å². The topological polar surface area (TPSA) is 95.7 Å². The van der Waals surface area contributed by atoms with Crippen LogP contribution in [0, 0.1) is 0 Å². The monoisotopic (exact) mass is 321 g/mol. The fourth-order valence-electron chi connectivity index (χ4n) is 2.17. The Morgan fingerprint density at radius 1 is 1.05 bits per heavy atom. The van der Waals surface area contributed by atoms with Crippen molar-refractivity contribution in [2.45, 2.75) is 4.90 Å². The largest absolute Gasteiger partial charge is 0.496 e. The van der Waals surface area contributed by atoms with E-state index < -0.39 is 10.0 Å². The summed E-state index contributed by atoms with van der Waals surface area (Å²) in [6.45, 7) is 0. The minimum Gasteiger partial charge on any atom is -0.496 e. The van der Waals surface area contributed by atoms with Gasteiger partial charge in [-0.15, -0.1) is 0 Å². The normalized spacial score (nSPS) is 11.0. The first-order valence-electron chi connectivity index (χ1n) is 6.25. The Morgan fingerprint density at radius 3 is 2.27 bits per heavy atom. The summed E-state index contributed by atoms with van der Waals surface area (Å²) in [4.78, 5) is 11.1. The molecule has 0 fully saturated rings. The summed E-state index contributed by atoms with van der Waals surface area (Å²) >= 11 is 0. The highest BCUT2D eigenvalue weighted by molar-refractivity contribution is 7.89. The number of benzene rings is 2. The molecule has 0 atom stereocenters. The zero-order valence-corrected chi connectivity index (χ0v) is 12.9. The SMILES string of the molecule is COc1ccccc1-c1cc(S(N)(=O)=O)cc(C=O)c1OC. The second-order valence-electron chi connectivity index (χ2n) is 4.46. The van der Waals surface area contributed by atoms with Gasteiger partial charge in [0.15, 0.2) is 6.29 Å². The van der Waals surface area contributed by atoms with Gasteiger partial charge < -0.3 is 9.47 Å². The van der Waals surface area contributed by atoms with Gasteiger partial charge in [0.25, 0.3) is 0 Å². The molecule has 116 valence electrons. The van der Waals surface area contributed by atoms with Crippen molar-refractivity contribution in [2.75, 3.05) is 14.2 Å². The molecule has 0 aliphatic rings. The number of carbonyl (C=O) groups excluding carboxylic acids is 1. The Kier molecular flexibility index (Phi) is 4.48. The lowest BCUT2D eigenvalue weighted by atomic mass is 10.0. The van der Waals surface area contributed by atoms with E-state index in [9.17, 15) is 13.2 Å². The molecule has 0 radical (unpaired) electrons. The number of methoxy groups -OCH3 is 2. The standard InChI is InChI=1S/C15H15NO5S/c1-20-14-6-4-3-5-12(14)13-8-11(22(16,18)19)7-10(9-17)15(13)21-2/h3-9H,1-2H3,(H2,16,18,19). The zero-order valence-electron chi connectivity index (χ0n) is 12.1. The van der Waals surface area contributed by atoms with Crippen LogP contribution in [0.25, 0.3) is 11.1 Å². The van der Waals surface area contributed by atoms with Crippen LogP contribution in [0.4, 0.5) is 0 Å². The van der Waals surface area contributed by atoms with Gasteiger partial charge in [-0.2, -0.15) is 0 Å². The number of carbonyl (C=O) groups is 1. The third kappa shape index (κ3) is 2.95. The van der Waals surface area contributed by atoms with Crippen LogP contribution in [-0.4, -0.2) is 28.9 Å². The number of rotatable bonds is 5. The molecule has 2 rings (SSSR count). The van der Waals surface area contributed by atoms with Crippen LogP contribution < -0.4 is 14.6 Å². The molecule has 2 aromatic carbocycles. The van der Waals surface area contributed by atoms with Gasteiger partial charge in [0, 0.05) is 11.1 Å². The Hall–Kier alpha value is -2.38. The van der Waals surface area contributed by atoms with Crippen LogP contribution in [0.3, 0.4) is 0 Å². The van der Waals surface area contributed by atoms with Gasteiger partial charge in [-0.05, 0) is 18.2 Å². The van der Waals surface area contributed by atoms with E-state index in [1.54, 1.807) is 24.3 Å². The summed E-state index contributed by atoms with van der Waals surface area (Å²) in [5.74, 6) is 0.774. The molecule has 0 aliphatic carbocycles. The molecule has 22 heavy (non-hydrogen) atoms. The molecule has 0 saturated heterocycles. The molecule has 0 aliphatic heterocycles. The number of sulfonamides is 1. The summed E-state index contributed by atoms with van der Waals surface area (Å²) in [6.07, 6.45) is 0.520. The highest BCUT2D eigenvalue weighted by Crippen LogP contribution is 2.39. The quantitative estimate of drug-likeness (QED) is 0.848. The van der Waals surface area contributed by atoms with Crippen molar-refractivity contribution in [2.24, 2.45) is 5.14 Å². The molecular weight excluding hydrogens is 306 g/mol. The third-order valence-electron chi connectivity index (χ3n) is 3.15. The van der Waals surface area contributed by atoms with Crippen molar-refractivity contribution < 1.29 is 22.7 Å². The van der Waals surface area contributed by atoms with Crippen molar-refractivity contribution in [1.29, 1.82) is 0 Å². The first-order valence-corrected chi connectivity index (χ1v) is 7.80. The Morgan fingerprint density at radius 2 is 1.73 bits per heavy atom. The molecule has 0 saturated carbocycles. The Bertz CT molecular complexity index is 815. The molecule has 0 bridgehead atoms. The molecule has 0 heterocycles. The maximum absolute atomic E-state index is 11.6. The highest BCUT2D eigenvalue weighted by Gasteiger charge is 2.19. The van der Waals surface area contributed by atoms with Gasteiger partial charge in [0.2, 0.25) is 10.0 Å². The lowest BCUT2D eigenvalue weighted by Gasteiger charge is -2.15.